The summed E-state index contributed by atoms with van der Waals surface area (Å²) in [4.78, 5) is 12.2. The maximum Gasteiger partial charge on any atom is 0.251 e. The van der Waals surface area contributed by atoms with Crippen molar-refractivity contribution < 1.29 is 19.4 Å². The van der Waals surface area contributed by atoms with Gasteiger partial charge in [0.1, 0.15) is 16.0 Å². The molecule has 1 amide bonds. The van der Waals surface area contributed by atoms with E-state index in [1.807, 2.05) is 13.8 Å². The highest BCUT2D eigenvalue weighted by atomic mass is 79.9. The molecule has 0 unspecified atom stereocenters. The minimum atomic E-state index is -0.876. The van der Waals surface area contributed by atoms with Gasteiger partial charge in [-0.3, -0.25) is 4.79 Å². The summed E-state index contributed by atoms with van der Waals surface area (Å²) in [5.41, 5.74) is -0.458. The number of carbonyl (C=O) groups excluding carboxylic acids is 1. The first-order valence-electron chi connectivity index (χ1n) is 6.82. The molecule has 6 heteroatoms. The maximum atomic E-state index is 12.2. The molecule has 1 aromatic rings. The highest BCUT2D eigenvalue weighted by Gasteiger charge is 2.23. The summed E-state index contributed by atoms with van der Waals surface area (Å²) in [5.74, 6) is 0.751. The fourth-order valence-corrected chi connectivity index (χ4v) is 2.40. The number of aliphatic hydroxyl groups is 1. The van der Waals surface area contributed by atoms with Crippen molar-refractivity contribution in [2.75, 3.05) is 20.8 Å². The fourth-order valence-electron chi connectivity index (χ4n) is 1.85. The van der Waals surface area contributed by atoms with Gasteiger partial charge in [0, 0.05) is 12.1 Å². The Bertz CT molecular complexity index is 475. The molecule has 0 aliphatic rings. The monoisotopic (exact) mass is 359 g/mol. The van der Waals surface area contributed by atoms with Crippen LogP contribution in [0.15, 0.2) is 16.6 Å². The smallest absolute Gasteiger partial charge is 0.251 e. The van der Waals surface area contributed by atoms with E-state index in [0.717, 1.165) is 0 Å². The van der Waals surface area contributed by atoms with Crippen molar-refractivity contribution in [2.45, 2.75) is 32.3 Å². The molecule has 118 valence electrons. The minimum absolute atomic E-state index is 0.208. The van der Waals surface area contributed by atoms with Crippen LogP contribution in [0, 0.1) is 0 Å². The quantitative estimate of drug-likeness (QED) is 0.785. The van der Waals surface area contributed by atoms with Crippen molar-refractivity contribution in [3.63, 3.8) is 0 Å². The van der Waals surface area contributed by atoms with E-state index in [4.69, 9.17) is 9.47 Å². The van der Waals surface area contributed by atoms with Gasteiger partial charge < -0.3 is 19.9 Å². The molecule has 2 N–H and O–H groups in total. The number of halogens is 1. The molecule has 0 atom stereocenters. The zero-order valence-corrected chi connectivity index (χ0v) is 14.4. The third-order valence-electron chi connectivity index (χ3n) is 3.60. The maximum absolute atomic E-state index is 12.2. The van der Waals surface area contributed by atoms with Crippen LogP contribution in [-0.2, 0) is 0 Å². The Balaban J connectivity index is 2.93. The van der Waals surface area contributed by atoms with Crippen LogP contribution in [0.3, 0.4) is 0 Å². The second kappa shape index (κ2) is 7.66. The van der Waals surface area contributed by atoms with Crippen LogP contribution in [0.25, 0.3) is 0 Å². The number of ether oxygens (including phenoxy) is 2. The lowest BCUT2D eigenvalue weighted by Gasteiger charge is -2.25. The topological polar surface area (TPSA) is 67.8 Å². The molecular weight excluding hydrogens is 338 g/mol. The Labute approximate surface area is 133 Å². The highest BCUT2D eigenvalue weighted by molar-refractivity contribution is 9.10. The highest BCUT2D eigenvalue weighted by Crippen LogP contribution is 2.35. The molecule has 0 aromatic heterocycles. The first-order chi connectivity index (χ1) is 9.90. The van der Waals surface area contributed by atoms with Crippen LogP contribution in [-0.4, -0.2) is 37.4 Å². The molecule has 0 aliphatic carbocycles. The number of amides is 1. The second-order valence-corrected chi connectivity index (χ2v) is 5.60. The summed E-state index contributed by atoms with van der Waals surface area (Å²) in [6.07, 6.45) is 1.16. The van der Waals surface area contributed by atoms with Crippen molar-refractivity contribution in [1.29, 1.82) is 0 Å². The molecule has 0 fully saturated rings. The summed E-state index contributed by atoms with van der Waals surface area (Å²) in [6, 6.07) is 3.25. The Hall–Kier alpha value is -1.27. The van der Waals surface area contributed by atoms with Gasteiger partial charge in [-0.15, -0.1) is 0 Å². The molecule has 0 saturated carbocycles. The number of hydrogen-bond acceptors (Lipinski definition) is 4. The van der Waals surface area contributed by atoms with Crippen molar-refractivity contribution >= 4 is 21.8 Å². The summed E-state index contributed by atoms with van der Waals surface area (Å²) < 4.78 is 11.1. The van der Waals surface area contributed by atoms with Gasteiger partial charge in [-0.1, -0.05) is 13.8 Å². The average molecular weight is 360 g/mol. The number of hydrogen-bond donors (Lipinski definition) is 2. The molecule has 5 nitrogen and oxygen atoms in total. The van der Waals surface area contributed by atoms with Gasteiger partial charge in [-0.2, -0.15) is 0 Å². The molecule has 0 heterocycles. The zero-order valence-electron chi connectivity index (χ0n) is 12.8. The van der Waals surface area contributed by atoms with E-state index < -0.39 is 5.60 Å². The number of rotatable bonds is 7. The molecule has 0 aliphatic heterocycles. The van der Waals surface area contributed by atoms with E-state index in [-0.39, 0.29) is 12.5 Å². The molecule has 1 aromatic carbocycles. The SMILES string of the molecule is CCC(O)(CC)CNC(=O)c1cc(OC)c(Br)c(OC)c1. The van der Waals surface area contributed by atoms with Gasteiger partial charge in [-0.25, -0.2) is 0 Å². The standard InChI is InChI=1S/C15H22BrNO4/c1-5-15(19,6-2)9-17-14(18)10-7-11(20-3)13(16)12(8-10)21-4/h7-8,19H,5-6,9H2,1-4H3,(H,17,18). The van der Waals surface area contributed by atoms with E-state index >= 15 is 0 Å². The number of benzene rings is 1. The fraction of sp³-hybridized carbons (Fsp3) is 0.533. The predicted octanol–water partition coefficient (Wildman–Crippen LogP) is 2.75. The third kappa shape index (κ3) is 4.35. The second-order valence-electron chi connectivity index (χ2n) is 4.81. The molecule has 0 saturated heterocycles. The van der Waals surface area contributed by atoms with Crippen LogP contribution in [0.5, 0.6) is 11.5 Å². The Morgan fingerprint density at radius 3 is 2.10 bits per heavy atom. The van der Waals surface area contributed by atoms with Gasteiger partial charge in [0.05, 0.1) is 19.8 Å². The molecule has 0 bridgehead atoms. The van der Waals surface area contributed by atoms with E-state index in [1.165, 1.54) is 14.2 Å². The number of methoxy groups -OCH3 is 2. The zero-order chi connectivity index (χ0) is 16.0. The molecule has 1 rings (SSSR count). The lowest BCUT2D eigenvalue weighted by Crippen LogP contribution is -2.42. The summed E-state index contributed by atoms with van der Waals surface area (Å²) >= 11 is 3.36. The summed E-state index contributed by atoms with van der Waals surface area (Å²) in [6.45, 7) is 3.99. The molecule has 21 heavy (non-hydrogen) atoms. The Morgan fingerprint density at radius 1 is 1.24 bits per heavy atom. The molecule has 0 spiro atoms. The number of nitrogens with one attached hydrogen (secondary N) is 1. The normalized spacial score (nSPS) is 11.1. The van der Waals surface area contributed by atoms with Gasteiger partial charge in [0.2, 0.25) is 0 Å². The summed E-state index contributed by atoms with van der Waals surface area (Å²) in [7, 11) is 3.04. The van der Waals surface area contributed by atoms with E-state index in [2.05, 4.69) is 21.2 Å². The van der Waals surface area contributed by atoms with Crippen molar-refractivity contribution in [3.8, 4) is 11.5 Å². The van der Waals surface area contributed by atoms with Crippen LogP contribution >= 0.6 is 15.9 Å². The first kappa shape index (κ1) is 17.8. The van der Waals surface area contributed by atoms with Gasteiger partial charge in [0.15, 0.2) is 0 Å². The largest absolute Gasteiger partial charge is 0.495 e. The van der Waals surface area contributed by atoms with Gasteiger partial charge in [0.25, 0.3) is 5.91 Å². The van der Waals surface area contributed by atoms with Gasteiger partial charge in [-0.05, 0) is 40.9 Å². The Kier molecular flexibility index (Phi) is 6.48. The average Bonchev–Trinajstić information content (AvgIpc) is 2.52. The lowest BCUT2D eigenvalue weighted by atomic mass is 9.97. The van der Waals surface area contributed by atoms with Crippen molar-refractivity contribution in [3.05, 3.63) is 22.2 Å². The Morgan fingerprint density at radius 2 is 1.71 bits per heavy atom. The third-order valence-corrected chi connectivity index (χ3v) is 4.38. The van der Waals surface area contributed by atoms with E-state index in [9.17, 15) is 9.90 Å². The van der Waals surface area contributed by atoms with Crippen molar-refractivity contribution in [1.82, 2.24) is 5.32 Å². The summed E-state index contributed by atoms with van der Waals surface area (Å²) in [5, 5.41) is 12.9. The van der Waals surface area contributed by atoms with E-state index in [1.54, 1.807) is 12.1 Å². The minimum Gasteiger partial charge on any atom is -0.495 e. The van der Waals surface area contributed by atoms with E-state index in [0.29, 0.717) is 34.4 Å². The van der Waals surface area contributed by atoms with Crippen LogP contribution < -0.4 is 14.8 Å². The van der Waals surface area contributed by atoms with Crippen molar-refractivity contribution in [2.24, 2.45) is 0 Å². The van der Waals surface area contributed by atoms with Crippen LogP contribution in [0.4, 0.5) is 0 Å². The molecular formula is C15H22BrNO4. The number of carbonyl (C=O) groups is 1. The lowest BCUT2D eigenvalue weighted by molar-refractivity contribution is 0.0314. The van der Waals surface area contributed by atoms with Crippen LogP contribution in [0.1, 0.15) is 37.0 Å². The molecule has 0 radical (unpaired) electrons. The first-order valence-corrected chi connectivity index (χ1v) is 7.62. The van der Waals surface area contributed by atoms with Crippen LogP contribution in [0.2, 0.25) is 0 Å². The predicted molar refractivity (Wildman–Crippen MR) is 85.1 cm³/mol. The van der Waals surface area contributed by atoms with Gasteiger partial charge >= 0.3 is 0 Å².